The van der Waals surface area contributed by atoms with Crippen LogP contribution in [-0.4, -0.2) is 34.1 Å². The van der Waals surface area contributed by atoms with E-state index in [2.05, 4.69) is 5.10 Å². The van der Waals surface area contributed by atoms with Crippen molar-refractivity contribution in [3.63, 3.8) is 0 Å². The van der Waals surface area contributed by atoms with Crippen LogP contribution in [0, 0.1) is 17.7 Å². The van der Waals surface area contributed by atoms with E-state index in [0.717, 1.165) is 31.2 Å². The van der Waals surface area contributed by atoms with Crippen LogP contribution >= 0.6 is 0 Å². The molecule has 1 heterocycles. The summed E-state index contributed by atoms with van der Waals surface area (Å²) in [7, 11) is 0. The van der Waals surface area contributed by atoms with Gasteiger partial charge in [0, 0.05) is 23.7 Å². The number of benzene rings is 2. The van der Waals surface area contributed by atoms with Crippen LogP contribution < -0.4 is 5.56 Å². The molecule has 3 aromatic rings. The molecule has 0 bridgehead atoms. The highest BCUT2D eigenvalue weighted by atomic mass is 19.1. The minimum absolute atomic E-state index is 0.208. The lowest BCUT2D eigenvalue weighted by atomic mass is 9.82. The van der Waals surface area contributed by atoms with Gasteiger partial charge >= 0.3 is 5.97 Å². The first-order valence-corrected chi connectivity index (χ1v) is 11.2. The molecular weight excluding hydrogens is 423 g/mol. The van der Waals surface area contributed by atoms with Gasteiger partial charge in [-0.1, -0.05) is 42.5 Å². The van der Waals surface area contributed by atoms with Crippen molar-refractivity contribution in [2.45, 2.75) is 32.2 Å². The Labute approximate surface area is 191 Å². The molecule has 0 amide bonds. The summed E-state index contributed by atoms with van der Waals surface area (Å²) in [4.78, 5) is 23.6. The van der Waals surface area contributed by atoms with Gasteiger partial charge in [-0.25, -0.2) is 13.9 Å². The Hall–Kier alpha value is -3.32. The number of halogens is 1. The summed E-state index contributed by atoms with van der Waals surface area (Å²) in [5.41, 5.74) is 2.04. The third kappa shape index (κ3) is 5.73. The normalized spacial score (nSPS) is 18.2. The molecular formula is C26H27FN2O4. The fraction of sp³-hybridized carbons (Fsp3) is 0.346. The average molecular weight is 451 g/mol. The lowest BCUT2D eigenvalue weighted by Crippen LogP contribution is -2.29. The standard InChI is InChI=1S/C26H27FN2O4/c27-23-9-5-4-8-21(23)26-22(20-6-2-1-3-7-20)14-24(30)29(28-26)15-18-10-12-19(13-11-18)16-33-17-25(31)32/h1-9,14,18-19H,10-13,15-17H2,(H,31,32)/t18-,19-. The molecule has 1 aliphatic rings. The van der Waals surface area contributed by atoms with Crippen molar-refractivity contribution in [1.82, 2.24) is 9.78 Å². The Morgan fingerprint density at radius 2 is 1.67 bits per heavy atom. The maximum Gasteiger partial charge on any atom is 0.329 e. The molecule has 0 spiro atoms. The highest BCUT2D eigenvalue weighted by Crippen LogP contribution is 2.32. The fourth-order valence-electron chi connectivity index (χ4n) is 4.45. The van der Waals surface area contributed by atoms with Crippen molar-refractivity contribution >= 4 is 5.97 Å². The first kappa shape index (κ1) is 22.9. The molecule has 1 fully saturated rings. The molecule has 1 saturated carbocycles. The number of carbonyl (C=O) groups is 1. The smallest absolute Gasteiger partial charge is 0.329 e. The lowest BCUT2D eigenvalue weighted by Gasteiger charge is -2.28. The second-order valence-electron chi connectivity index (χ2n) is 8.57. The number of carboxylic acid groups (broad SMARTS) is 1. The zero-order chi connectivity index (χ0) is 23.2. The van der Waals surface area contributed by atoms with Crippen LogP contribution in [0.2, 0.25) is 0 Å². The van der Waals surface area contributed by atoms with Gasteiger partial charge in [-0.15, -0.1) is 0 Å². The molecule has 7 heteroatoms. The van der Waals surface area contributed by atoms with Crippen molar-refractivity contribution in [2.24, 2.45) is 11.8 Å². The number of carboxylic acids is 1. The second kappa shape index (κ2) is 10.5. The van der Waals surface area contributed by atoms with E-state index in [1.54, 1.807) is 24.3 Å². The number of hydrogen-bond acceptors (Lipinski definition) is 4. The molecule has 2 aromatic carbocycles. The zero-order valence-corrected chi connectivity index (χ0v) is 18.3. The number of nitrogens with zero attached hydrogens (tertiary/aromatic N) is 2. The molecule has 172 valence electrons. The monoisotopic (exact) mass is 450 g/mol. The average Bonchev–Trinajstić information content (AvgIpc) is 2.82. The van der Waals surface area contributed by atoms with Crippen LogP contribution in [-0.2, 0) is 16.1 Å². The molecule has 4 rings (SSSR count). The quantitative estimate of drug-likeness (QED) is 0.541. The summed E-state index contributed by atoms with van der Waals surface area (Å²) in [6.07, 6.45) is 3.65. The number of rotatable bonds is 8. The summed E-state index contributed by atoms with van der Waals surface area (Å²) in [5.74, 6) is -0.727. The van der Waals surface area contributed by atoms with E-state index in [1.807, 2.05) is 30.3 Å². The molecule has 1 N–H and O–H groups in total. The molecule has 1 aliphatic carbocycles. The first-order valence-electron chi connectivity index (χ1n) is 11.2. The second-order valence-corrected chi connectivity index (χ2v) is 8.57. The van der Waals surface area contributed by atoms with Gasteiger partial charge in [-0.2, -0.15) is 5.10 Å². The highest BCUT2D eigenvalue weighted by molar-refractivity contribution is 5.80. The van der Waals surface area contributed by atoms with Gasteiger partial charge in [-0.3, -0.25) is 4.79 Å². The van der Waals surface area contributed by atoms with Gasteiger partial charge in [-0.05, 0) is 55.2 Å². The van der Waals surface area contributed by atoms with Crippen LogP contribution in [0.15, 0.2) is 65.5 Å². The lowest BCUT2D eigenvalue weighted by molar-refractivity contribution is -0.142. The van der Waals surface area contributed by atoms with E-state index in [4.69, 9.17) is 9.84 Å². The van der Waals surface area contributed by atoms with Gasteiger partial charge in [0.25, 0.3) is 5.56 Å². The molecule has 6 nitrogen and oxygen atoms in total. The highest BCUT2D eigenvalue weighted by Gasteiger charge is 2.23. The maximum atomic E-state index is 14.7. The summed E-state index contributed by atoms with van der Waals surface area (Å²) in [6.45, 7) is 0.643. The van der Waals surface area contributed by atoms with Gasteiger partial charge < -0.3 is 9.84 Å². The third-order valence-electron chi connectivity index (χ3n) is 6.19. The van der Waals surface area contributed by atoms with E-state index >= 15 is 0 Å². The Kier molecular flexibility index (Phi) is 7.29. The number of aromatic nitrogens is 2. The Morgan fingerprint density at radius 3 is 2.36 bits per heavy atom. The number of hydrogen-bond donors (Lipinski definition) is 1. The molecule has 1 aromatic heterocycles. The number of ether oxygens (including phenoxy) is 1. The SMILES string of the molecule is O=C(O)COC[C@H]1CC[C@H](Cn2nc(-c3ccccc3F)c(-c3ccccc3)cc2=O)CC1. The Bertz CT molecular complexity index is 1150. The van der Waals surface area contributed by atoms with Crippen molar-refractivity contribution in [2.75, 3.05) is 13.2 Å². The molecule has 0 radical (unpaired) electrons. The van der Waals surface area contributed by atoms with Gasteiger partial charge in [0.15, 0.2) is 0 Å². The summed E-state index contributed by atoms with van der Waals surface area (Å²) in [6, 6.07) is 17.5. The molecule has 33 heavy (non-hydrogen) atoms. The Balaban J connectivity index is 1.55. The van der Waals surface area contributed by atoms with Crippen molar-refractivity contribution in [3.8, 4) is 22.4 Å². The number of aliphatic carboxylic acids is 1. The summed E-state index contributed by atoms with van der Waals surface area (Å²) < 4.78 is 21.4. The molecule has 0 saturated heterocycles. The van der Waals surface area contributed by atoms with Crippen LogP contribution in [0.5, 0.6) is 0 Å². The van der Waals surface area contributed by atoms with Crippen molar-refractivity contribution in [1.29, 1.82) is 0 Å². The fourth-order valence-corrected chi connectivity index (χ4v) is 4.45. The van der Waals surface area contributed by atoms with Crippen LogP contribution in [0.1, 0.15) is 25.7 Å². The zero-order valence-electron chi connectivity index (χ0n) is 18.3. The van der Waals surface area contributed by atoms with E-state index in [0.29, 0.717) is 35.9 Å². The topological polar surface area (TPSA) is 81.4 Å². The predicted octanol–water partition coefficient (Wildman–Crippen LogP) is 4.62. The summed E-state index contributed by atoms with van der Waals surface area (Å²) in [5, 5.41) is 13.3. The van der Waals surface area contributed by atoms with E-state index in [1.165, 1.54) is 10.7 Å². The van der Waals surface area contributed by atoms with Crippen molar-refractivity contribution < 1.29 is 19.0 Å². The molecule has 0 atom stereocenters. The van der Waals surface area contributed by atoms with E-state index in [9.17, 15) is 14.0 Å². The van der Waals surface area contributed by atoms with Crippen LogP contribution in [0.3, 0.4) is 0 Å². The van der Waals surface area contributed by atoms with Gasteiger partial charge in [0.2, 0.25) is 0 Å². The molecule has 0 unspecified atom stereocenters. The minimum atomic E-state index is -0.959. The molecule has 0 aliphatic heterocycles. The van der Waals surface area contributed by atoms with Gasteiger partial charge in [0.1, 0.15) is 18.1 Å². The van der Waals surface area contributed by atoms with E-state index < -0.39 is 5.97 Å². The Morgan fingerprint density at radius 1 is 1.00 bits per heavy atom. The predicted molar refractivity (Wildman–Crippen MR) is 123 cm³/mol. The largest absolute Gasteiger partial charge is 0.480 e. The third-order valence-corrected chi connectivity index (χ3v) is 6.19. The summed E-state index contributed by atoms with van der Waals surface area (Å²) >= 11 is 0. The van der Waals surface area contributed by atoms with Crippen LogP contribution in [0.4, 0.5) is 4.39 Å². The maximum absolute atomic E-state index is 14.7. The first-order chi connectivity index (χ1) is 16.0. The minimum Gasteiger partial charge on any atom is -0.480 e. The van der Waals surface area contributed by atoms with Gasteiger partial charge in [0.05, 0.1) is 6.61 Å². The van der Waals surface area contributed by atoms with E-state index in [-0.39, 0.29) is 23.9 Å². The van der Waals surface area contributed by atoms with Crippen LogP contribution in [0.25, 0.3) is 22.4 Å². The van der Waals surface area contributed by atoms with Crippen molar-refractivity contribution in [3.05, 3.63) is 76.8 Å².